The smallest absolute Gasteiger partial charge is 0.186 e. The van der Waals surface area contributed by atoms with Crippen LogP contribution in [0.1, 0.15) is 0 Å². The van der Waals surface area contributed by atoms with Crippen LogP contribution in [0.5, 0.6) is 0 Å². The van der Waals surface area contributed by atoms with Crippen LogP contribution in [0.4, 0.5) is 0 Å². The zero-order valence-electron chi connectivity index (χ0n) is 10.1. The van der Waals surface area contributed by atoms with Crippen LogP contribution >= 0.6 is 0 Å². The second-order valence-corrected chi connectivity index (χ2v) is 3.63. The van der Waals surface area contributed by atoms with Crippen LogP contribution in [0.3, 0.4) is 0 Å². The van der Waals surface area contributed by atoms with Crippen LogP contribution in [-0.2, 0) is 23.7 Å². The van der Waals surface area contributed by atoms with E-state index in [1.165, 1.54) is 21.3 Å². The average Bonchev–Trinajstić information content (AvgIpc) is 2.31. The quantitative estimate of drug-likeness (QED) is 0.687. The molecule has 16 heavy (non-hydrogen) atoms. The Morgan fingerprint density at radius 3 is 2.06 bits per heavy atom. The highest BCUT2D eigenvalue weighted by molar-refractivity contribution is 4.90. The summed E-state index contributed by atoms with van der Waals surface area (Å²) in [5.41, 5.74) is 0. The molecule has 1 saturated heterocycles. The van der Waals surface area contributed by atoms with E-state index in [1.807, 2.05) is 0 Å². The lowest BCUT2D eigenvalue weighted by atomic mass is 9.99. The molecule has 0 amide bonds. The van der Waals surface area contributed by atoms with Gasteiger partial charge in [-0.3, -0.25) is 0 Å². The first-order chi connectivity index (χ1) is 7.69. The predicted octanol–water partition coefficient (Wildman–Crippen LogP) is -0.605. The standard InChI is InChI=1S/C10H20O6/c1-12-5-6-7(11)8(13-2)9(14-3)10(15-4)16-6/h6-11H,5H2,1-4H3/t6?,7-,8-,9?,10?/m1/s1. The molecule has 6 nitrogen and oxygen atoms in total. The van der Waals surface area contributed by atoms with Gasteiger partial charge in [0.2, 0.25) is 0 Å². The maximum atomic E-state index is 10.0. The third kappa shape index (κ3) is 2.71. The number of hydrogen-bond acceptors (Lipinski definition) is 6. The summed E-state index contributed by atoms with van der Waals surface area (Å²) >= 11 is 0. The summed E-state index contributed by atoms with van der Waals surface area (Å²) in [6.45, 7) is 0.275. The van der Waals surface area contributed by atoms with Gasteiger partial charge < -0.3 is 28.8 Å². The zero-order chi connectivity index (χ0) is 12.1. The number of ether oxygens (including phenoxy) is 5. The first-order valence-corrected chi connectivity index (χ1v) is 5.10. The van der Waals surface area contributed by atoms with Gasteiger partial charge in [0.15, 0.2) is 6.29 Å². The second kappa shape index (κ2) is 6.48. The van der Waals surface area contributed by atoms with Crippen molar-refractivity contribution in [2.45, 2.75) is 30.7 Å². The van der Waals surface area contributed by atoms with Gasteiger partial charge in [0.1, 0.15) is 24.4 Å². The Kier molecular flexibility index (Phi) is 5.60. The summed E-state index contributed by atoms with van der Waals surface area (Å²) in [7, 11) is 6.10. The molecule has 1 aliphatic rings. The molecule has 0 aliphatic carbocycles. The van der Waals surface area contributed by atoms with Crippen LogP contribution in [0.2, 0.25) is 0 Å². The van der Waals surface area contributed by atoms with E-state index in [-0.39, 0.29) is 6.61 Å². The number of hydrogen-bond donors (Lipinski definition) is 1. The Balaban J connectivity index is 2.76. The third-order valence-corrected chi connectivity index (χ3v) is 2.73. The molecule has 5 atom stereocenters. The van der Waals surface area contributed by atoms with Crippen molar-refractivity contribution in [2.24, 2.45) is 0 Å². The molecule has 6 heteroatoms. The molecule has 1 N–H and O–H groups in total. The van der Waals surface area contributed by atoms with Gasteiger partial charge >= 0.3 is 0 Å². The van der Waals surface area contributed by atoms with Crippen LogP contribution in [0.15, 0.2) is 0 Å². The van der Waals surface area contributed by atoms with Crippen molar-refractivity contribution < 1.29 is 28.8 Å². The Bertz CT molecular complexity index is 200. The summed E-state index contributed by atoms with van der Waals surface area (Å²) in [5.74, 6) is 0. The number of aliphatic hydroxyl groups is 1. The molecule has 1 aliphatic heterocycles. The van der Waals surface area contributed by atoms with E-state index in [2.05, 4.69) is 0 Å². The number of methoxy groups -OCH3 is 4. The number of aliphatic hydroxyl groups excluding tert-OH is 1. The van der Waals surface area contributed by atoms with Gasteiger partial charge in [0.05, 0.1) is 6.61 Å². The monoisotopic (exact) mass is 236 g/mol. The zero-order valence-corrected chi connectivity index (χ0v) is 10.1. The fraction of sp³-hybridized carbons (Fsp3) is 1.00. The Morgan fingerprint density at radius 2 is 1.62 bits per heavy atom. The number of rotatable bonds is 5. The molecule has 0 radical (unpaired) electrons. The van der Waals surface area contributed by atoms with E-state index < -0.39 is 30.7 Å². The second-order valence-electron chi connectivity index (χ2n) is 3.63. The van der Waals surface area contributed by atoms with Crippen molar-refractivity contribution in [1.82, 2.24) is 0 Å². The first kappa shape index (κ1) is 13.8. The van der Waals surface area contributed by atoms with Crippen molar-refractivity contribution in [1.29, 1.82) is 0 Å². The molecule has 0 bridgehead atoms. The van der Waals surface area contributed by atoms with Gasteiger partial charge in [0, 0.05) is 28.4 Å². The Morgan fingerprint density at radius 1 is 1.00 bits per heavy atom. The van der Waals surface area contributed by atoms with E-state index in [4.69, 9.17) is 23.7 Å². The molecule has 0 aromatic carbocycles. The van der Waals surface area contributed by atoms with Crippen molar-refractivity contribution in [3.63, 3.8) is 0 Å². The van der Waals surface area contributed by atoms with Crippen LogP contribution in [0.25, 0.3) is 0 Å². The highest BCUT2D eigenvalue weighted by atomic mass is 16.7. The Labute approximate surface area is 95.4 Å². The van der Waals surface area contributed by atoms with Gasteiger partial charge in [-0.05, 0) is 0 Å². The van der Waals surface area contributed by atoms with Gasteiger partial charge in [-0.15, -0.1) is 0 Å². The minimum absolute atomic E-state index is 0.275. The molecule has 3 unspecified atom stereocenters. The van der Waals surface area contributed by atoms with Crippen LogP contribution < -0.4 is 0 Å². The molecule has 0 saturated carbocycles. The molecule has 0 spiro atoms. The summed E-state index contributed by atoms with van der Waals surface area (Å²) < 4.78 is 26.1. The minimum Gasteiger partial charge on any atom is -0.387 e. The first-order valence-electron chi connectivity index (χ1n) is 5.10. The van der Waals surface area contributed by atoms with Crippen molar-refractivity contribution in [3.05, 3.63) is 0 Å². The van der Waals surface area contributed by atoms with Crippen LogP contribution in [-0.4, -0.2) is 70.9 Å². The highest BCUT2D eigenvalue weighted by Crippen LogP contribution is 2.25. The van der Waals surface area contributed by atoms with Gasteiger partial charge in [-0.25, -0.2) is 0 Å². The Hall–Kier alpha value is -0.240. The van der Waals surface area contributed by atoms with E-state index in [0.29, 0.717) is 0 Å². The minimum atomic E-state index is -0.804. The lowest BCUT2D eigenvalue weighted by Crippen LogP contribution is -2.60. The van der Waals surface area contributed by atoms with Crippen LogP contribution in [0, 0.1) is 0 Å². The van der Waals surface area contributed by atoms with Gasteiger partial charge in [-0.1, -0.05) is 0 Å². The topological polar surface area (TPSA) is 66.4 Å². The van der Waals surface area contributed by atoms with Gasteiger partial charge in [0.25, 0.3) is 0 Å². The summed E-state index contributed by atoms with van der Waals surface area (Å²) in [6.07, 6.45) is -2.81. The van der Waals surface area contributed by atoms with E-state index in [0.717, 1.165) is 0 Å². The molecular weight excluding hydrogens is 216 g/mol. The summed E-state index contributed by atoms with van der Waals surface area (Å²) in [4.78, 5) is 0. The molecule has 0 aromatic heterocycles. The van der Waals surface area contributed by atoms with E-state index in [1.54, 1.807) is 7.11 Å². The maximum Gasteiger partial charge on any atom is 0.186 e. The molecule has 1 rings (SSSR count). The fourth-order valence-electron chi connectivity index (χ4n) is 1.90. The molecule has 1 heterocycles. The maximum absolute atomic E-state index is 10.0. The molecule has 96 valence electrons. The summed E-state index contributed by atoms with van der Waals surface area (Å²) in [6, 6.07) is 0. The lowest BCUT2D eigenvalue weighted by Gasteiger charge is -2.42. The van der Waals surface area contributed by atoms with Crippen molar-refractivity contribution >= 4 is 0 Å². The van der Waals surface area contributed by atoms with E-state index >= 15 is 0 Å². The highest BCUT2D eigenvalue weighted by Gasteiger charge is 2.46. The normalized spacial score (nSPS) is 39.9. The predicted molar refractivity (Wildman–Crippen MR) is 55.1 cm³/mol. The molecule has 1 fully saturated rings. The summed E-state index contributed by atoms with van der Waals surface area (Å²) in [5, 5.41) is 10.0. The van der Waals surface area contributed by atoms with Crippen molar-refractivity contribution in [2.75, 3.05) is 35.0 Å². The fourth-order valence-corrected chi connectivity index (χ4v) is 1.90. The van der Waals surface area contributed by atoms with E-state index in [9.17, 15) is 5.11 Å². The SMILES string of the molecule is COCC1OC(OC)C(OC)[C@H](OC)[C@@H]1O. The largest absolute Gasteiger partial charge is 0.387 e. The molecular formula is C10H20O6. The molecule has 0 aromatic rings. The third-order valence-electron chi connectivity index (χ3n) is 2.73. The van der Waals surface area contributed by atoms with Gasteiger partial charge in [-0.2, -0.15) is 0 Å². The van der Waals surface area contributed by atoms with Crippen molar-refractivity contribution in [3.8, 4) is 0 Å². The average molecular weight is 236 g/mol. The lowest BCUT2D eigenvalue weighted by molar-refractivity contribution is -0.303.